The molecule has 0 bridgehead atoms. The summed E-state index contributed by atoms with van der Waals surface area (Å²) in [4.78, 5) is 9.33. The van der Waals surface area contributed by atoms with Gasteiger partial charge < -0.3 is 19.5 Å². The third-order valence-electron chi connectivity index (χ3n) is 4.73. The van der Waals surface area contributed by atoms with Crippen molar-refractivity contribution in [1.29, 1.82) is 0 Å². The maximum atomic E-state index is 13.8. The van der Waals surface area contributed by atoms with Crippen LogP contribution in [-0.4, -0.2) is 66.3 Å². The number of aryl methyl sites for hydroxylation is 1. The van der Waals surface area contributed by atoms with Gasteiger partial charge in [-0.3, -0.25) is 4.90 Å². The molecule has 166 valence electrons. The van der Waals surface area contributed by atoms with Crippen molar-refractivity contribution in [3.8, 4) is 5.75 Å². The molecule has 1 N–H and O–H groups in total. The second kappa shape index (κ2) is 12.1. The maximum absolute atomic E-state index is 13.8. The number of benzene rings is 1. The van der Waals surface area contributed by atoms with Crippen molar-refractivity contribution in [3.63, 3.8) is 0 Å². The molecule has 0 radical (unpaired) electrons. The van der Waals surface area contributed by atoms with Crippen LogP contribution in [0.2, 0.25) is 0 Å². The van der Waals surface area contributed by atoms with Gasteiger partial charge in [0.1, 0.15) is 11.9 Å². The van der Waals surface area contributed by atoms with Crippen molar-refractivity contribution in [2.75, 3.05) is 39.3 Å². The first-order chi connectivity index (χ1) is 14.0. The number of aliphatic imine (C=N–C) groups is 1. The standard InChI is InChI=1S/C21H30FN5O2.HI/c1-4-23-21(24-14-17(3)28-20-8-6-5-7-19(20)22)27-11-9-26(10-12-27)15-18-13-16(2)29-25-18;/h5-8,13,17H,4,9-12,14-15H2,1-3H3,(H,23,24);1H. The Labute approximate surface area is 194 Å². The van der Waals surface area contributed by atoms with Crippen LogP contribution in [-0.2, 0) is 6.54 Å². The van der Waals surface area contributed by atoms with Crippen LogP contribution in [0.25, 0.3) is 0 Å². The zero-order valence-corrected chi connectivity index (χ0v) is 20.1. The van der Waals surface area contributed by atoms with E-state index in [-0.39, 0.29) is 41.6 Å². The molecule has 1 aliphatic rings. The van der Waals surface area contributed by atoms with Crippen molar-refractivity contribution in [3.05, 3.63) is 47.6 Å². The van der Waals surface area contributed by atoms with E-state index in [2.05, 4.69) is 27.2 Å². The van der Waals surface area contributed by atoms with Crippen LogP contribution in [0.1, 0.15) is 25.3 Å². The lowest BCUT2D eigenvalue weighted by Crippen LogP contribution is -2.52. The number of aromatic nitrogens is 1. The monoisotopic (exact) mass is 531 g/mol. The number of nitrogens with one attached hydrogen (secondary N) is 1. The molecule has 0 amide bonds. The van der Waals surface area contributed by atoms with Crippen molar-refractivity contribution < 1.29 is 13.7 Å². The number of guanidine groups is 1. The van der Waals surface area contributed by atoms with Crippen LogP contribution >= 0.6 is 24.0 Å². The van der Waals surface area contributed by atoms with Gasteiger partial charge in [0.2, 0.25) is 0 Å². The third-order valence-corrected chi connectivity index (χ3v) is 4.73. The molecule has 2 heterocycles. The predicted octanol–water partition coefficient (Wildman–Crippen LogP) is 3.29. The largest absolute Gasteiger partial charge is 0.486 e. The van der Waals surface area contributed by atoms with Gasteiger partial charge >= 0.3 is 0 Å². The summed E-state index contributed by atoms with van der Waals surface area (Å²) < 4.78 is 24.6. The lowest BCUT2D eigenvalue weighted by atomic mass is 10.3. The minimum atomic E-state index is -0.353. The summed E-state index contributed by atoms with van der Waals surface area (Å²) >= 11 is 0. The van der Waals surface area contributed by atoms with E-state index in [1.54, 1.807) is 18.2 Å². The van der Waals surface area contributed by atoms with Crippen molar-refractivity contribution in [1.82, 2.24) is 20.3 Å². The molecule has 3 rings (SSSR count). The molecule has 0 spiro atoms. The highest BCUT2D eigenvalue weighted by molar-refractivity contribution is 14.0. The quantitative estimate of drug-likeness (QED) is 0.336. The Morgan fingerprint density at radius 1 is 1.30 bits per heavy atom. The molecule has 1 unspecified atom stereocenters. The number of hydrogen-bond acceptors (Lipinski definition) is 5. The Morgan fingerprint density at radius 3 is 2.67 bits per heavy atom. The lowest BCUT2D eigenvalue weighted by Gasteiger charge is -2.36. The molecule has 7 nitrogen and oxygen atoms in total. The summed E-state index contributed by atoms with van der Waals surface area (Å²) in [7, 11) is 0. The zero-order valence-electron chi connectivity index (χ0n) is 17.8. The molecule has 1 aliphatic heterocycles. The molecule has 1 saturated heterocycles. The smallest absolute Gasteiger partial charge is 0.194 e. The Morgan fingerprint density at radius 2 is 2.03 bits per heavy atom. The SMILES string of the molecule is CCNC(=NCC(C)Oc1ccccc1F)N1CCN(Cc2cc(C)on2)CC1.I. The minimum absolute atomic E-state index is 0. The van der Waals surface area contributed by atoms with Crippen LogP contribution in [0.3, 0.4) is 0 Å². The fourth-order valence-electron chi connectivity index (χ4n) is 3.27. The number of piperazine rings is 1. The van der Waals surface area contributed by atoms with E-state index in [1.807, 2.05) is 19.9 Å². The van der Waals surface area contributed by atoms with Gasteiger partial charge in [-0.15, -0.1) is 24.0 Å². The van der Waals surface area contributed by atoms with Gasteiger partial charge in [-0.25, -0.2) is 9.38 Å². The molecule has 1 fully saturated rings. The second-order valence-corrected chi connectivity index (χ2v) is 7.25. The Kier molecular flexibility index (Phi) is 9.83. The second-order valence-electron chi connectivity index (χ2n) is 7.25. The Bertz CT molecular complexity index is 808. The van der Waals surface area contributed by atoms with Gasteiger partial charge in [0.15, 0.2) is 17.5 Å². The van der Waals surface area contributed by atoms with E-state index in [0.29, 0.717) is 6.54 Å². The molecular formula is C21H31FIN5O2. The van der Waals surface area contributed by atoms with Crippen molar-refractivity contribution >= 4 is 29.9 Å². The molecule has 0 saturated carbocycles. The minimum Gasteiger partial charge on any atom is -0.486 e. The van der Waals surface area contributed by atoms with Gasteiger partial charge in [-0.2, -0.15) is 0 Å². The van der Waals surface area contributed by atoms with E-state index < -0.39 is 0 Å². The van der Waals surface area contributed by atoms with Crippen LogP contribution in [0.4, 0.5) is 4.39 Å². The first-order valence-corrected chi connectivity index (χ1v) is 10.1. The zero-order chi connectivity index (χ0) is 20.6. The summed E-state index contributed by atoms with van der Waals surface area (Å²) in [5.74, 6) is 1.62. The first-order valence-electron chi connectivity index (χ1n) is 10.1. The predicted molar refractivity (Wildman–Crippen MR) is 126 cm³/mol. The van der Waals surface area contributed by atoms with Gasteiger partial charge in [-0.1, -0.05) is 17.3 Å². The summed E-state index contributed by atoms with van der Waals surface area (Å²) in [6, 6.07) is 8.43. The number of para-hydroxylation sites is 1. The number of hydrogen-bond donors (Lipinski definition) is 1. The average Bonchev–Trinajstić information content (AvgIpc) is 3.12. The van der Waals surface area contributed by atoms with Crippen LogP contribution in [0.5, 0.6) is 5.75 Å². The summed E-state index contributed by atoms with van der Waals surface area (Å²) in [5, 5.41) is 7.43. The molecule has 1 atom stereocenters. The van der Waals surface area contributed by atoms with E-state index in [4.69, 9.17) is 14.3 Å². The van der Waals surface area contributed by atoms with E-state index in [9.17, 15) is 4.39 Å². The van der Waals surface area contributed by atoms with Gasteiger partial charge in [0.25, 0.3) is 0 Å². The molecule has 2 aromatic rings. The molecular weight excluding hydrogens is 500 g/mol. The van der Waals surface area contributed by atoms with Gasteiger partial charge in [-0.05, 0) is 32.9 Å². The number of halogens is 2. The summed E-state index contributed by atoms with van der Waals surface area (Å²) in [6.07, 6.45) is -0.225. The van der Waals surface area contributed by atoms with E-state index >= 15 is 0 Å². The van der Waals surface area contributed by atoms with Crippen LogP contribution in [0.15, 0.2) is 39.8 Å². The van der Waals surface area contributed by atoms with Gasteiger partial charge in [0.05, 0.1) is 12.2 Å². The highest BCUT2D eigenvalue weighted by atomic mass is 127. The number of rotatable bonds is 7. The normalized spacial score (nSPS) is 16.1. The fraction of sp³-hybridized carbons (Fsp3) is 0.524. The molecule has 1 aromatic heterocycles. The van der Waals surface area contributed by atoms with E-state index in [1.165, 1.54) is 6.07 Å². The highest BCUT2D eigenvalue weighted by Gasteiger charge is 2.21. The Hall–Kier alpha value is -1.88. The van der Waals surface area contributed by atoms with E-state index in [0.717, 1.165) is 56.7 Å². The molecule has 9 heteroatoms. The maximum Gasteiger partial charge on any atom is 0.194 e. The highest BCUT2D eigenvalue weighted by Crippen LogP contribution is 2.17. The molecule has 30 heavy (non-hydrogen) atoms. The summed E-state index contributed by atoms with van der Waals surface area (Å²) in [6.45, 7) is 11.5. The number of ether oxygens (including phenoxy) is 1. The lowest BCUT2D eigenvalue weighted by molar-refractivity contribution is 0.168. The van der Waals surface area contributed by atoms with Crippen LogP contribution < -0.4 is 10.1 Å². The first kappa shape index (κ1) is 24.4. The van der Waals surface area contributed by atoms with Gasteiger partial charge in [0, 0.05) is 45.3 Å². The summed E-state index contributed by atoms with van der Waals surface area (Å²) in [5.41, 5.74) is 0.968. The average molecular weight is 531 g/mol. The van der Waals surface area contributed by atoms with Crippen molar-refractivity contribution in [2.45, 2.75) is 33.4 Å². The Balaban J connectivity index is 0.00000320. The number of nitrogens with zero attached hydrogens (tertiary/aromatic N) is 4. The molecule has 1 aromatic carbocycles. The fourth-order valence-corrected chi connectivity index (χ4v) is 3.27. The molecule has 0 aliphatic carbocycles. The topological polar surface area (TPSA) is 66.1 Å². The van der Waals surface area contributed by atoms with Crippen molar-refractivity contribution in [2.24, 2.45) is 4.99 Å². The van der Waals surface area contributed by atoms with Crippen LogP contribution in [0, 0.1) is 12.7 Å². The third kappa shape index (κ3) is 7.12.